The summed E-state index contributed by atoms with van der Waals surface area (Å²) >= 11 is 0. The van der Waals surface area contributed by atoms with Crippen LogP contribution in [0.1, 0.15) is 57.1 Å². The molecule has 0 aliphatic carbocycles. The molecule has 5 N–H and O–H groups in total. The number of benzene rings is 3. The lowest BCUT2D eigenvalue weighted by atomic mass is 9.95. The highest BCUT2D eigenvalue weighted by Crippen LogP contribution is 2.37. The zero-order valence-corrected chi connectivity index (χ0v) is 25.1. The van der Waals surface area contributed by atoms with Crippen molar-refractivity contribution in [1.29, 1.82) is 0 Å². The van der Waals surface area contributed by atoms with Crippen LogP contribution in [0.25, 0.3) is 17.1 Å². The van der Waals surface area contributed by atoms with E-state index in [-0.39, 0.29) is 41.0 Å². The summed E-state index contributed by atoms with van der Waals surface area (Å²) in [4.78, 5) is 39.5. The Labute approximate surface area is 255 Å². The lowest BCUT2D eigenvalue weighted by Crippen LogP contribution is -2.37. The van der Waals surface area contributed by atoms with Gasteiger partial charge < -0.3 is 20.8 Å². The average molecular weight is 599 g/mol. The fourth-order valence-corrected chi connectivity index (χ4v) is 5.45. The van der Waals surface area contributed by atoms with E-state index in [1.807, 2.05) is 38.1 Å². The number of likely N-dealkylation sites (tertiary alicyclic amines) is 1. The normalized spacial score (nSPS) is 14.1. The molecule has 0 bridgehead atoms. The lowest BCUT2D eigenvalue weighted by molar-refractivity contribution is -0.121. The molecule has 0 atom stereocenters. The van der Waals surface area contributed by atoms with Crippen LogP contribution in [-0.2, 0) is 16.1 Å². The summed E-state index contributed by atoms with van der Waals surface area (Å²) in [6.07, 6.45) is 1.90. The fraction of sp³-hybridized carbons (Fsp3) is 0.333. The Bertz CT molecular complexity index is 1680. The third kappa shape index (κ3) is 6.84. The van der Waals surface area contributed by atoms with Gasteiger partial charge in [-0.15, -0.1) is 0 Å². The zero-order chi connectivity index (χ0) is 31.4. The molecule has 2 heterocycles. The number of rotatable bonds is 9. The summed E-state index contributed by atoms with van der Waals surface area (Å²) in [5.74, 6) is -0.0548. The molecule has 2 amide bonds. The van der Waals surface area contributed by atoms with Crippen LogP contribution in [0.5, 0.6) is 11.5 Å². The van der Waals surface area contributed by atoms with Gasteiger partial charge in [-0.25, -0.2) is 14.5 Å². The average Bonchev–Trinajstić information content (AvgIpc) is 3.39. The quantitative estimate of drug-likeness (QED) is 0.183. The van der Waals surface area contributed by atoms with Crippen LogP contribution in [0.15, 0.2) is 65.5 Å². The molecule has 0 spiro atoms. The van der Waals surface area contributed by atoms with Crippen molar-refractivity contribution in [1.82, 2.24) is 19.7 Å². The first-order chi connectivity index (χ1) is 21.1. The van der Waals surface area contributed by atoms with Gasteiger partial charge in [0.2, 0.25) is 11.8 Å². The van der Waals surface area contributed by atoms with Gasteiger partial charge in [-0.3, -0.25) is 14.5 Å². The number of carbonyl (C=O) groups is 2. The van der Waals surface area contributed by atoms with E-state index < -0.39 is 5.69 Å². The van der Waals surface area contributed by atoms with Crippen LogP contribution in [0, 0.1) is 5.92 Å². The fourth-order valence-electron chi connectivity index (χ4n) is 5.45. The predicted molar refractivity (Wildman–Crippen MR) is 169 cm³/mol. The van der Waals surface area contributed by atoms with Crippen molar-refractivity contribution in [2.24, 2.45) is 5.92 Å². The number of phenolic OH excluding ortho intramolecular Hbond substituents is 2. The molecule has 0 saturated carbocycles. The first kappa shape index (κ1) is 30.6. The van der Waals surface area contributed by atoms with E-state index in [0.717, 1.165) is 31.5 Å². The lowest BCUT2D eigenvalue weighted by Gasteiger charge is -2.31. The van der Waals surface area contributed by atoms with Crippen LogP contribution in [0.4, 0.5) is 11.4 Å². The molecule has 1 aliphatic rings. The Balaban J connectivity index is 1.19. The van der Waals surface area contributed by atoms with Gasteiger partial charge in [-0.2, -0.15) is 5.10 Å². The summed E-state index contributed by atoms with van der Waals surface area (Å²) < 4.78 is 1.40. The molecular weight excluding hydrogens is 560 g/mol. The topological polar surface area (TPSA) is 153 Å². The van der Waals surface area contributed by atoms with Crippen LogP contribution < -0.4 is 16.3 Å². The number of aromatic amines is 1. The number of nitrogens with zero attached hydrogens (tertiary/aromatic N) is 3. The van der Waals surface area contributed by atoms with Crippen molar-refractivity contribution in [2.45, 2.75) is 52.5 Å². The number of amides is 2. The smallest absolute Gasteiger partial charge is 0.348 e. The van der Waals surface area contributed by atoms with E-state index in [0.29, 0.717) is 41.2 Å². The van der Waals surface area contributed by atoms with Gasteiger partial charge in [-0.05, 0) is 85.4 Å². The molecule has 0 unspecified atom stereocenters. The molecular formula is C33H38N6O5. The Hall–Kier alpha value is -4.90. The Morgan fingerprint density at radius 2 is 1.59 bits per heavy atom. The van der Waals surface area contributed by atoms with Gasteiger partial charge in [0, 0.05) is 36.3 Å². The molecule has 1 aliphatic heterocycles. The van der Waals surface area contributed by atoms with Crippen molar-refractivity contribution in [3.05, 3.63) is 82.3 Å². The van der Waals surface area contributed by atoms with Crippen LogP contribution >= 0.6 is 0 Å². The van der Waals surface area contributed by atoms with Crippen LogP contribution in [-0.4, -0.2) is 54.8 Å². The predicted octanol–water partition coefficient (Wildman–Crippen LogP) is 4.96. The Morgan fingerprint density at radius 1 is 0.955 bits per heavy atom. The molecule has 1 saturated heterocycles. The number of nitrogens with one attached hydrogen (secondary N) is 3. The van der Waals surface area contributed by atoms with Crippen molar-refractivity contribution in [3.63, 3.8) is 0 Å². The summed E-state index contributed by atoms with van der Waals surface area (Å²) in [5, 5.41) is 33.2. The Morgan fingerprint density at radius 3 is 2.20 bits per heavy atom. The van der Waals surface area contributed by atoms with E-state index in [1.165, 1.54) is 10.6 Å². The maximum Gasteiger partial charge on any atom is 0.348 e. The van der Waals surface area contributed by atoms with Gasteiger partial charge in [0.15, 0.2) is 5.82 Å². The number of phenols is 2. The van der Waals surface area contributed by atoms with E-state index in [4.69, 9.17) is 0 Å². The van der Waals surface area contributed by atoms with Crippen molar-refractivity contribution in [3.8, 4) is 28.6 Å². The monoisotopic (exact) mass is 598 g/mol. The number of anilines is 2. The molecule has 4 aromatic rings. The molecule has 11 heteroatoms. The minimum Gasteiger partial charge on any atom is -0.508 e. The molecule has 3 aromatic carbocycles. The van der Waals surface area contributed by atoms with Gasteiger partial charge in [-0.1, -0.05) is 32.9 Å². The molecule has 11 nitrogen and oxygen atoms in total. The number of aromatic hydroxyl groups is 2. The molecule has 0 radical (unpaired) electrons. The number of aromatic nitrogens is 3. The van der Waals surface area contributed by atoms with E-state index in [2.05, 4.69) is 25.7 Å². The largest absolute Gasteiger partial charge is 0.508 e. The van der Waals surface area contributed by atoms with Gasteiger partial charge >= 0.3 is 5.69 Å². The molecule has 1 aromatic heterocycles. The van der Waals surface area contributed by atoms with Crippen molar-refractivity contribution >= 4 is 23.2 Å². The molecule has 230 valence electrons. The molecule has 1 fully saturated rings. The van der Waals surface area contributed by atoms with Gasteiger partial charge in [0.1, 0.15) is 11.5 Å². The minimum atomic E-state index is -0.439. The standard InChI is InChI=1S/C33H38N6O5/c1-4-30(42)34-23-7-9-24(10-8-23)35-32(43)22-13-15-38(16-14-22)19-21-5-11-25(12-6-21)39-31(36-37-33(39)44)27-17-26(20(2)3)28(40)18-29(27)41/h5-12,17-18,20,22,40-41H,4,13-16,19H2,1-3H3,(H,34,42)(H,35,43)(H,37,44). The first-order valence-electron chi connectivity index (χ1n) is 14.9. The van der Waals surface area contributed by atoms with Crippen molar-refractivity contribution in [2.75, 3.05) is 23.7 Å². The van der Waals surface area contributed by atoms with Crippen LogP contribution in [0.2, 0.25) is 0 Å². The van der Waals surface area contributed by atoms with Gasteiger partial charge in [0.05, 0.1) is 11.3 Å². The highest BCUT2D eigenvalue weighted by Gasteiger charge is 2.25. The SMILES string of the molecule is CCC(=O)Nc1ccc(NC(=O)C2CCN(Cc3ccc(-n4c(-c5cc(C(C)C)c(O)cc5O)n[nH]c4=O)cc3)CC2)cc1. The molecule has 44 heavy (non-hydrogen) atoms. The maximum atomic E-state index is 12.9. The maximum absolute atomic E-state index is 12.9. The number of hydrogen-bond acceptors (Lipinski definition) is 7. The minimum absolute atomic E-state index is 0.000820. The highest BCUT2D eigenvalue weighted by molar-refractivity contribution is 5.94. The number of H-pyrrole nitrogens is 1. The number of hydrogen-bond donors (Lipinski definition) is 5. The van der Waals surface area contributed by atoms with E-state index >= 15 is 0 Å². The molecule has 5 rings (SSSR count). The van der Waals surface area contributed by atoms with Crippen LogP contribution in [0.3, 0.4) is 0 Å². The third-order valence-corrected chi connectivity index (χ3v) is 8.00. The summed E-state index contributed by atoms with van der Waals surface area (Å²) in [7, 11) is 0. The van der Waals surface area contributed by atoms with Gasteiger partial charge in [0.25, 0.3) is 0 Å². The Kier molecular flexibility index (Phi) is 9.15. The van der Waals surface area contributed by atoms with E-state index in [9.17, 15) is 24.6 Å². The number of piperidine rings is 1. The third-order valence-electron chi connectivity index (χ3n) is 8.00. The van der Waals surface area contributed by atoms with E-state index in [1.54, 1.807) is 37.3 Å². The number of carbonyl (C=O) groups excluding carboxylic acids is 2. The second kappa shape index (κ2) is 13.2. The van der Waals surface area contributed by atoms with Crippen molar-refractivity contribution < 1.29 is 19.8 Å². The first-order valence-corrected chi connectivity index (χ1v) is 14.9. The second-order valence-corrected chi connectivity index (χ2v) is 11.5. The highest BCUT2D eigenvalue weighted by atomic mass is 16.3. The zero-order valence-electron chi connectivity index (χ0n) is 25.1. The second-order valence-electron chi connectivity index (χ2n) is 11.5. The summed E-state index contributed by atoms with van der Waals surface area (Å²) in [6.45, 7) is 7.94. The summed E-state index contributed by atoms with van der Waals surface area (Å²) in [5.41, 5.74) is 3.61. The summed E-state index contributed by atoms with van der Waals surface area (Å²) in [6, 6.07) is 17.7.